The van der Waals surface area contributed by atoms with Gasteiger partial charge in [-0.2, -0.15) is 0 Å². The van der Waals surface area contributed by atoms with E-state index in [1.54, 1.807) is 36.5 Å². The van der Waals surface area contributed by atoms with Gasteiger partial charge >= 0.3 is 0 Å². The third kappa shape index (κ3) is 2.11. The van der Waals surface area contributed by atoms with E-state index >= 15 is 0 Å². The molecule has 0 aliphatic heterocycles. The Morgan fingerprint density at radius 2 is 1.75 bits per heavy atom. The van der Waals surface area contributed by atoms with Crippen LogP contribution in [0.4, 0.5) is 5.82 Å². The monoisotopic (exact) mass is 377 g/mol. The fourth-order valence-electron chi connectivity index (χ4n) is 1.90. The van der Waals surface area contributed by atoms with Crippen molar-refractivity contribution in [2.45, 2.75) is 0 Å². The molecule has 98 valence electrons. The summed E-state index contributed by atoms with van der Waals surface area (Å²) in [6.45, 7) is 0. The highest BCUT2D eigenvalue weighted by atomic mass is 127. The topological polar surface area (TPSA) is 72.0 Å². The number of pyridine rings is 2. The van der Waals surface area contributed by atoms with Crippen LogP contribution in [0, 0.1) is 0 Å². The van der Waals surface area contributed by atoms with Crippen LogP contribution in [0.2, 0.25) is 0 Å². The number of ketones is 2. The van der Waals surface area contributed by atoms with Crippen LogP contribution in [0.3, 0.4) is 0 Å². The molecule has 2 heterocycles. The number of nitrogens with one attached hydrogen (secondary N) is 1. The van der Waals surface area contributed by atoms with Crippen LogP contribution in [0.1, 0.15) is 20.8 Å². The third-order valence-corrected chi connectivity index (χ3v) is 3.86. The molecule has 0 bridgehead atoms. The van der Waals surface area contributed by atoms with Gasteiger partial charge in [0.15, 0.2) is 0 Å². The van der Waals surface area contributed by atoms with Crippen molar-refractivity contribution in [3.8, 4) is 0 Å². The summed E-state index contributed by atoms with van der Waals surface area (Å²) >= 11 is 1.86. The zero-order chi connectivity index (χ0) is 14.1. The number of hydrogen-bond donors (Lipinski definition) is 1. The molecule has 3 rings (SSSR count). The minimum Gasteiger partial charge on any atom is -0.336 e. The average Bonchev–Trinajstić information content (AvgIpc) is 2.50. The summed E-state index contributed by atoms with van der Waals surface area (Å²) in [5.41, 5.74) is 0.764. The summed E-state index contributed by atoms with van der Waals surface area (Å²) in [4.78, 5) is 32.7. The van der Waals surface area contributed by atoms with E-state index in [1.807, 2.05) is 22.6 Å². The second kappa shape index (κ2) is 5.12. The van der Waals surface area contributed by atoms with Gasteiger partial charge in [-0.05, 0) is 46.9 Å². The lowest BCUT2D eigenvalue weighted by molar-refractivity contribution is 0.0980. The van der Waals surface area contributed by atoms with Crippen LogP contribution in [0.25, 0.3) is 0 Å². The number of nitrogens with zero attached hydrogens (tertiary/aromatic N) is 2. The molecule has 0 fully saturated rings. The Hall–Kier alpha value is -2.09. The van der Waals surface area contributed by atoms with Crippen molar-refractivity contribution >= 4 is 40.0 Å². The standard InChI is InChI=1S/C14H8IN3O2/c15-10-12(18-9-5-1-2-6-16-9)13(19)8-4-3-7-17-11(8)14(10)20/h1-7H,(H,16,18). The summed E-state index contributed by atoms with van der Waals surface area (Å²) in [6.07, 6.45) is 3.12. The van der Waals surface area contributed by atoms with Crippen molar-refractivity contribution in [3.05, 3.63) is 63.3 Å². The molecule has 2 aromatic heterocycles. The molecule has 2 aromatic rings. The molecule has 0 spiro atoms. The molecule has 0 saturated carbocycles. The Labute approximate surface area is 128 Å². The number of allylic oxidation sites excluding steroid dienone is 2. The first-order valence-electron chi connectivity index (χ1n) is 5.80. The van der Waals surface area contributed by atoms with E-state index in [0.717, 1.165) is 0 Å². The first-order valence-corrected chi connectivity index (χ1v) is 6.88. The zero-order valence-electron chi connectivity index (χ0n) is 10.1. The van der Waals surface area contributed by atoms with Crippen molar-refractivity contribution in [2.24, 2.45) is 0 Å². The molecule has 1 N–H and O–H groups in total. The van der Waals surface area contributed by atoms with Gasteiger partial charge in [0.2, 0.25) is 11.6 Å². The third-order valence-electron chi connectivity index (χ3n) is 2.83. The summed E-state index contributed by atoms with van der Waals surface area (Å²) in [6, 6.07) is 8.55. The molecule has 0 atom stereocenters. The largest absolute Gasteiger partial charge is 0.336 e. The molecule has 5 nitrogen and oxygen atoms in total. The van der Waals surface area contributed by atoms with Crippen LogP contribution < -0.4 is 5.32 Å². The summed E-state index contributed by atoms with van der Waals surface area (Å²) in [5, 5.41) is 2.91. The van der Waals surface area contributed by atoms with Crippen molar-refractivity contribution in [1.82, 2.24) is 9.97 Å². The average molecular weight is 377 g/mol. The van der Waals surface area contributed by atoms with Gasteiger partial charge in [-0.3, -0.25) is 14.6 Å². The van der Waals surface area contributed by atoms with Gasteiger partial charge in [-0.1, -0.05) is 6.07 Å². The number of hydrogen-bond acceptors (Lipinski definition) is 5. The second-order valence-corrected chi connectivity index (χ2v) is 5.17. The van der Waals surface area contributed by atoms with Gasteiger partial charge in [-0.25, -0.2) is 4.98 Å². The predicted molar refractivity (Wildman–Crippen MR) is 81.8 cm³/mol. The number of anilines is 1. The number of Topliss-reactive ketones (excluding diaryl/α,β-unsaturated/α-hetero) is 2. The van der Waals surface area contributed by atoms with Crippen molar-refractivity contribution in [2.75, 3.05) is 5.32 Å². The predicted octanol–water partition coefficient (Wildman–Crippen LogP) is 2.61. The lowest BCUT2D eigenvalue weighted by atomic mass is 9.97. The highest BCUT2D eigenvalue weighted by molar-refractivity contribution is 14.1. The number of fused-ring (bicyclic) bond motifs is 1. The molecule has 0 aromatic carbocycles. The molecule has 1 aliphatic rings. The minimum atomic E-state index is -0.251. The van der Waals surface area contributed by atoms with Crippen molar-refractivity contribution in [1.29, 1.82) is 0 Å². The van der Waals surface area contributed by atoms with Gasteiger partial charge in [-0.15, -0.1) is 0 Å². The van der Waals surface area contributed by atoms with E-state index in [0.29, 0.717) is 15.0 Å². The molecule has 20 heavy (non-hydrogen) atoms. The number of carbonyl (C=O) groups is 2. The van der Waals surface area contributed by atoms with E-state index < -0.39 is 0 Å². The maximum absolute atomic E-state index is 12.4. The smallest absolute Gasteiger partial charge is 0.220 e. The first kappa shape index (κ1) is 12.9. The Morgan fingerprint density at radius 3 is 2.50 bits per heavy atom. The van der Waals surface area contributed by atoms with E-state index in [9.17, 15) is 9.59 Å². The molecule has 1 aliphatic carbocycles. The van der Waals surface area contributed by atoms with Crippen LogP contribution in [0.5, 0.6) is 0 Å². The quantitative estimate of drug-likeness (QED) is 0.815. The minimum absolute atomic E-state index is 0.202. The van der Waals surface area contributed by atoms with E-state index in [4.69, 9.17) is 0 Å². The van der Waals surface area contributed by atoms with E-state index in [1.165, 1.54) is 6.20 Å². The van der Waals surface area contributed by atoms with Gasteiger partial charge in [0.25, 0.3) is 0 Å². The van der Waals surface area contributed by atoms with Crippen molar-refractivity contribution in [3.63, 3.8) is 0 Å². The molecule has 0 saturated heterocycles. The maximum Gasteiger partial charge on any atom is 0.220 e. The molecular formula is C14H8IN3O2. The second-order valence-electron chi connectivity index (χ2n) is 4.09. The Bertz CT molecular complexity index is 741. The van der Waals surface area contributed by atoms with Crippen LogP contribution >= 0.6 is 22.6 Å². The van der Waals surface area contributed by atoms with E-state index in [-0.39, 0.29) is 23.0 Å². The highest BCUT2D eigenvalue weighted by Gasteiger charge is 2.32. The van der Waals surface area contributed by atoms with Gasteiger partial charge in [0.1, 0.15) is 17.2 Å². The van der Waals surface area contributed by atoms with Gasteiger partial charge in [0.05, 0.1) is 9.14 Å². The van der Waals surface area contributed by atoms with Crippen LogP contribution in [-0.4, -0.2) is 21.5 Å². The molecule has 0 amide bonds. The maximum atomic E-state index is 12.4. The van der Waals surface area contributed by atoms with E-state index in [2.05, 4.69) is 15.3 Å². The molecule has 0 radical (unpaired) electrons. The summed E-state index contributed by atoms with van der Waals surface area (Å²) in [7, 11) is 0. The Morgan fingerprint density at radius 1 is 0.950 bits per heavy atom. The molecule has 6 heteroatoms. The van der Waals surface area contributed by atoms with Gasteiger partial charge < -0.3 is 5.32 Å². The highest BCUT2D eigenvalue weighted by Crippen LogP contribution is 2.29. The normalized spacial score (nSPS) is 14.2. The molecule has 0 unspecified atom stereocenters. The van der Waals surface area contributed by atoms with Crippen molar-refractivity contribution < 1.29 is 9.59 Å². The SMILES string of the molecule is O=C1C(Nc2ccccn2)=C(I)C(=O)c2ncccc21. The van der Waals surface area contributed by atoms with Gasteiger partial charge in [0, 0.05) is 12.4 Å². The number of rotatable bonds is 2. The number of halogens is 1. The zero-order valence-corrected chi connectivity index (χ0v) is 12.3. The number of carbonyl (C=O) groups excluding carboxylic acids is 2. The Kier molecular flexibility index (Phi) is 3.31. The first-order chi connectivity index (χ1) is 9.68. The summed E-state index contributed by atoms with van der Waals surface area (Å²) < 4.78 is 0.324. The molecular weight excluding hydrogens is 369 g/mol. The summed E-state index contributed by atoms with van der Waals surface area (Å²) in [5.74, 6) is 0.0205. The van der Waals surface area contributed by atoms with Crippen LogP contribution in [0.15, 0.2) is 52.0 Å². The van der Waals surface area contributed by atoms with Crippen LogP contribution in [-0.2, 0) is 0 Å². The number of aromatic nitrogens is 2. The lowest BCUT2D eigenvalue weighted by Crippen LogP contribution is -2.25. The Balaban J connectivity index is 2.06. The lowest BCUT2D eigenvalue weighted by Gasteiger charge is -2.17. The fraction of sp³-hybridized carbons (Fsp3) is 0. The fourth-order valence-corrected chi connectivity index (χ4v) is 2.53.